The number of carbonyl (C=O) groups is 2. The van der Waals surface area contributed by atoms with Crippen LogP contribution in [0.1, 0.15) is 44.9 Å². The number of hydrogen-bond donors (Lipinski definition) is 0. The Morgan fingerprint density at radius 2 is 1.25 bits per heavy atom. The molecule has 0 aliphatic carbocycles. The number of hydrogen-bond acceptors (Lipinski definition) is 3. The second-order valence-electron chi connectivity index (χ2n) is 3.59. The van der Waals surface area contributed by atoms with Gasteiger partial charge in [-0.05, 0) is 42.5 Å². The SMILES string of the molecule is O=C(Cl)CCCCCCOCCCC(=O)Cl. The predicted octanol–water partition coefficient (Wildman–Crippen LogP) is 3.26. The third kappa shape index (κ3) is 13.9. The summed E-state index contributed by atoms with van der Waals surface area (Å²) in [5, 5.41) is -0.573. The third-order valence-electron chi connectivity index (χ3n) is 2.07. The molecule has 5 heteroatoms. The number of rotatable bonds is 11. The van der Waals surface area contributed by atoms with E-state index in [0.29, 0.717) is 32.5 Å². The first-order valence-corrected chi connectivity index (χ1v) is 6.33. The fourth-order valence-electron chi connectivity index (χ4n) is 1.24. The van der Waals surface area contributed by atoms with Gasteiger partial charge in [-0.3, -0.25) is 9.59 Å². The molecule has 0 heterocycles. The van der Waals surface area contributed by atoms with Crippen molar-refractivity contribution >= 4 is 33.7 Å². The maximum Gasteiger partial charge on any atom is 0.221 e. The minimum absolute atomic E-state index is 0.262. The Labute approximate surface area is 106 Å². The normalized spacial score (nSPS) is 10.4. The summed E-state index contributed by atoms with van der Waals surface area (Å²) >= 11 is 10.4. The Morgan fingerprint density at radius 3 is 1.88 bits per heavy atom. The van der Waals surface area contributed by atoms with Gasteiger partial charge in [-0.15, -0.1) is 0 Å². The lowest BCUT2D eigenvalue weighted by Gasteiger charge is -2.02. The van der Waals surface area contributed by atoms with Crippen molar-refractivity contribution in [2.75, 3.05) is 13.2 Å². The molecule has 0 radical (unpaired) electrons. The highest BCUT2D eigenvalue weighted by Crippen LogP contribution is 2.05. The van der Waals surface area contributed by atoms with Gasteiger partial charge >= 0.3 is 0 Å². The van der Waals surface area contributed by atoms with Crippen molar-refractivity contribution in [3.05, 3.63) is 0 Å². The Morgan fingerprint density at radius 1 is 0.750 bits per heavy atom. The van der Waals surface area contributed by atoms with Crippen molar-refractivity contribution in [2.24, 2.45) is 0 Å². The van der Waals surface area contributed by atoms with Gasteiger partial charge in [0, 0.05) is 26.1 Å². The average molecular weight is 269 g/mol. The van der Waals surface area contributed by atoms with E-state index in [2.05, 4.69) is 0 Å². The van der Waals surface area contributed by atoms with E-state index in [1.165, 1.54) is 0 Å². The molecule has 0 saturated heterocycles. The lowest BCUT2D eigenvalue weighted by atomic mass is 10.2. The summed E-state index contributed by atoms with van der Waals surface area (Å²) in [4.78, 5) is 20.8. The predicted molar refractivity (Wildman–Crippen MR) is 64.9 cm³/mol. The maximum atomic E-state index is 10.4. The highest BCUT2D eigenvalue weighted by atomic mass is 35.5. The van der Waals surface area contributed by atoms with Crippen LogP contribution in [0, 0.1) is 0 Å². The zero-order valence-electron chi connectivity index (χ0n) is 9.34. The summed E-state index contributed by atoms with van der Waals surface area (Å²) < 4.78 is 5.31. The van der Waals surface area contributed by atoms with E-state index in [4.69, 9.17) is 27.9 Å². The Bertz CT molecular complexity index is 185. The molecule has 0 aromatic heterocycles. The topological polar surface area (TPSA) is 43.4 Å². The van der Waals surface area contributed by atoms with Gasteiger partial charge in [0.25, 0.3) is 0 Å². The molecular weight excluding hydrogens is 251 g/mol. The molecule has 94 valence electrons. The van der Waals surface area contributed by atoms with Crippen molar-refractivity contribution in [3.8, 4) is 0 Å². The van der Waals surface area contributed by atoms with E-state index in [-0.39, 0.29) is 10.5 Å². The first kappa shape index (κ1) is 15.9. The van der Waals surface area contributed by atoms with E-state index in [0.717, 1.165) is 25.7 Å². The van der Waals surface area contributed by atoms with Gasteiger partial charge in [0.2, 0.25) is 10.5 Å². The van der Waals surface area contributed by atoms with Crippen molar-refractivity contribution in [1.82, 2.24) is 0 Å². The molecule has 0 unspecified atom stereocenters. The monoisotopic (exact) mass is 268 g/mol. The first-order chi connectivity index (χ1) is 7.63. The van der Waals surface area contributed by atoms with Crippen molar-refractivity contribution < 1.29 is 14.3 Å². The van der Waals surface area contributed by atoms with Crippen LogP contribution in [0.25, 0.3) is 0 Å². The van der Waals surface area contributed by atoms with Gasteiger partial charge in [-0.1, -0.05) is 12.8 Å². The number of carbonyl (C=O) groups excluding carboxylic acids is 2. The van der Waals surface area contributed by atoms with Gasteiger partial charge in [0.1, 0.15) is 0 Å². The average Bonchev–Trinajstić information content (AvgIpc) is 2.20. The molecule has 0 aromatic carbocycles. The molecule has 0 aromatic rings. The summed E-state index contributed by atoms with van der Waals surface area (Å²) in [6, 6.07) is 0. The number of unbranched alkanes of at least 4 members (excludes halogenated alkanes) is 3. The minimum Gasteiger partial charge on any atom is -0.381 e. The molecule has 0 rings (SSSR count). The van der Waals surface area contributed by atoms with Crippen LogP contribution in [0.15, 0.2) is 0 Å². The molecule has 0 N–H and O–H groups in total. The molecule has 0 saturated carbocycles. The summed E-state index contributed by atoms with van der Waals surface area (Å²) in [5.41, 5.74) is 0. The summed E-state index contributed by atoms with van der Waals surface area (Å²) in [5.74, 6) is 0. The fraction of sp³-hybridized carbons (Fsp3) is 0.818. The van der Waals surface area contributed by atoms with Crippen LogP contribution >= 0.6 is 23.2 Å². The van der Waals surface area contributed by atoms with Gasteiger partial charge in [0.05, 0.1) is 0 Å². The largest absolute Gasteiger partial charge is 0.381 e. The minimum atomic E-state index is -0.311. The molecule has 0 aliphatic rings. The third-order valence-corrected chi connectivity index (χ3v) is 2.45. The van der Waals surface area contributed by atoms with Crippen LogP contribution in [0.5, 0.6) is 0 Å². The second kappa shape index (κ2) is 11.4. The zero-order chi connectivity index (χ0) is 12.2. The van der Waals surface area contributed by atoms with Gasteiger partial charge in [-0.2, -0.15) is 0 Å². The quantitative estimate of drug-likeness (QED) is 0.427. The van der Waals surface area contributed by atoms with Gasteiger partial charge in [-0.25, -0.2) is 0 Å². The van der Waals surface area contributed by atoms with Crippen molar-refractivity contribution in [3.63, 3.8) is 0 Å². The molecule has 0 amide bonds. The molecule has 0 atom stereocenters. The van der Waals surface area contributed by atoms with Gasteiger partial charge < -0.3 is 4.74 Å². The first-order valence-electron chi connectivity index (χ1n) is 5.57. The summed E-state index contributed by atoms with van der Waals surface area (Å²) in [6.45, 7) is 1.28. The Balaban J connectivity index is 2.98. The molecule has 0 fully saturated rings. The van der Waals surface area contributed by atoms with Crippen LogP contribution in [0.4, 0.5) is 0 Å². The number of ether oxygens (including phenoxy) is 1. The van der Waals surface area contributed by atoms with E-state index in [1.807, 2.05) is 0 Å². The van der Waals surface area contributed by atoms with Crippen LogP contribution in [-0.2, 0) is 14.3 Å². The lowest BCUT2D eigenvalue weighted by molar-refractivity contribution is -0.112. The Kier molecular flexibility index (Phi) is 11.3. The van der Waals surface area contributed by atoms with Crippen LogP contribution in [0.2, 0.25) is 0 Å². The number of halogens is 2. The highest BCUT2D eigenvalue weighted by Gasteiger charge is 1.97. The van der Waals surface area contributed by atoms with E-state index >= 15 is 0 Å². The smallest absolute Gasteiger partial charge is 0.221 e. The standard InChI is InChI=1S/C11H18Cl2O3/c12-10(14)6-3-1-2-4-8-16-9-5-7-11(13)15/h1-9H2. The molecule has 3 nitrogen and oxygen atoms in total. The maximum absolute atomic E-state index is 10.4. The molecular formula is C11H18Cl2O3. The van der Waals surface area contributed by atoms with E-state index < -0.39 is 0 Å². The molecule has 0 aliphatic heterocycles. The summed E-state index contributed by atoms with van der Waals surface area (Å²) in [7, 11) is 0. The lowest BCUT2D eigenvalue weighted by Crippen LogP contribution is -1.99. The van der Waals surface area contributed by atoms with E-state index in [9.17, 15) is 9.59 Å². The molecule has 0 spiro atoms. The van der Waals surface area contributed by atoms with Crippen molar-refractivity contribution in [1.29, 1.82) is 0 Å². The van der Waals surface area contributed by atoms with Crippen molar-refractivity contribution in [2.45, 2.75) is 44.9 Å². The summed E-state index contributed by atoms with van der Waals surface area (Å²) in [6.07, 6.45) is 5.39. The van der Waals surface area contributed by atoms with Crippen LogP contribution in [0.3, 0.4) is 0 Å². The fourth-order valence-corrected chi connectivity index (χ4v) is 1.50. The highest BCUT2D eigenvalue weighted by molar-refractivity contribution is 6.63. The molecule has 16 heavy (non-hydrogen) atoms. The van der Waals surface area contributed by atoms with Crippen LogP contribution < -0.4 is 0 Å². The van der Waals surface area contributed by atoms with E-state index in [1.54, 1.807) is 0 Å². The second-order valence-corrected chi connectivity index (χ2v) is 4.43. The zero-order valence-corrected chi connectivity index (χ0v) is 10.9. The van der Waals surface area contributed by atoms with Gasteiger partial charge in [0.15, 0.2) is 0 Å². The van der Waals surface area contributed by atoms with Crippen LogP contribution in [-0.4, -0.2) is 23.7 Å². The Hall–Kier alpha value is -0.120. The molecule has 0 bridgehead atoms.